The zero-order valence-corrected chi connectivity index (χ0v) is 12.6. The summed E-state index contributed by atoms with van der Waals surface area (Å²) in [6.07, 6.45) is 0.0176. The van der Waals surface area contributed by atoms with Crippen LogP contribution < -0.4 is 5.32 Å². The molecule has 1 fully saturated rings. The summed E-state index contributed by atoms with van der Waals surface area (Å²) in [4.78, 5) is 22.0. The first kappa shape index (κ1) is 18.0. The van der Waals surface area contributed by atoms with E-state index in [2.05, 4.69) is 5.32 Å². The molecule has 1 aliphatic heterocycles. The first-order valence-corrected chi connectivity index (χ1v) is 7.26. The van der Waals surface area contributed by atoms with E-state index in [-0.39, 0.29) is 24.7 Å². The maximum Gasteiger partial charge on any atom is 0.217 e. The molecule has 0 saturated carbocycles. The minimum atomic E-state index is -0.831. The molecule has 0 aromatic heterocycles. The Kier molecular flexibility index (Phi) is 7.81. The normalized spacial score (nSPS) is 29.1. The second-order valence-electron chi connectivity index (χ2n) is 5.37. The molecule has 1 saturated heterocycles. The summed E-state index contributed by atoms with van der Waals surface area (Å²) >= 11 is 0. The number of carbonyl (C=O) groups is 2. The van der Waals surface area contributed by atoms with Crippen molar-refractivity contribution in [3.05, 3.63) is 0 Å². The minimum absolute atomic E-state index is 0.135. The summed E-state index contributed by atoms with van der Waals surface area (Å²) in [6.45, 7) is 3.04. The molecule has 0 aromatic rings. The number of amides is 1. The third-order valence-corrected chi connectivity index (χ3v) is 3.32. The molecule has 122 valence electrons. The number of aliphatic hydroxyl groups excluding tert-OH is 2. The fourth-order valence-corrected chi connectivity index (χ4v) is 2.26. The van der Waals surface area contributed by atoms with Crippen molar-refractivity contribution >= 4 is 11.7 Å². The lowest BCUT2D eigenvalue weighted by Gasteiger charge is -2.39. The largest absolute Gasteiger partial charge is 0.394 e. The Bertz CT molecular complexity index is 348. The van der Waals surface area contributed by atoms with Crippen LogP contribution in [-0.2, 0) is 19.1 Å². The average Bonchev–Trinajstić information content (AvgIpc) is 2.40. The summed E-state index contributed by atoms with van der Waals surface area (Å²) in [6, 6.07) is -0.655. The Balaban J connectivity index is 2.47. The lowest BCUT2D eigenvalue weighted by atomic mass is 10.00. The fourth-order valence-electron chi connectivity index (χ4n) is 2.26. The maximum atomic E-state index is 11.2. The van der Waals surface area contributed by atoms with Gasteiger partial charge in [-0.15, -0.1) is 0 Å². The van der Waals surface area contributed by atoms with Crippen molar-refractivity contribution in [2.24, 2.45) is 0 Å². The van der Waals surface area contributed by atoms with Crippen LogP contribution in [0.5, 0.6) is 0 Å². The molecule has 3 N–H and O–H groups in total. The molecular weight excluding hydrogens is 278 g/mol. The van der Waals surface area contributed by atoms with E-state index in [0.717, 1.165) is 6.42 Å². The van der Waals surface area contributed by atoms with Crippen molar-refractivity contribution < 1.29 is 29.3 Å². The van der Waals surface area contributed by atoms with Gasteiger partial charge in [0.05, 0.1) is 18.8 Å². The topological polar surface area (TPSA) is 105 Å². The highest BCUT2D eigenvalue weighted by Crippen LogP contribution is 2.21. The molecular formula is C14H25NO6. The van der Waals surface area contributed by atoms with Crippen LogP contribution in [0.3, 0.4) is 0 Å². The predicted octanol–water partition coefficient (Wildman–Crippen LogP) is -0.265. The number of carbonyl (C=O) groups excluding carboxylic acids is 2. The summed E-state index contributed by atoms with van der Waals surface area (Å²) in [7, 11) is 0. The Morgan fingerprint density at radius 2 is 2.05 bits per heavy atom. The standard InChI is InChI=1S/C14H25NO6/c1-9(17)5-3-4-6-20-14-13(15-10(2)18)12(19)7-11(8-16)21-14/h11-14,16,19H,3-8H2,1-2H3,(H,15,18). The van der Waals surface area contributed by atoms with Crippen LogP contribution in [0.2, 0.25) is 0 Å². The summed E-state index contributed by atoms with van der Waals surface area (Å²) in [5, 5.41) is 21.8. The molecule has 1 amide bonds. The molecule has 0 radical (unpaired) electrons. The Hall–Kier alpha value is -1.02. The van der Waals surface area contributed by atoms with E-state index in [1.165, 1.54) is 6.92 Å². The molecule has 0 aliphatic carbocycles. The Morgan fingerprint density at radius 1 is 1.33 bits per heavy atom. The lowest BCUT2D eigenvalue weighted by Crippen LogP contribution is -2.58. The summed E-state index contributed by atoms with van der Waals surface area (Å²) < 4.78 is 11.1. The van der Waals surface area contributed by atoms with Crippen molar-refractivity contribution in [1.82, 2.24) is 5.32 Å². The Labute approximate surface area is 124 Å². The van der Waals surface area contributed by atoms with Gasteiger partial charge in [-0.1, -0.05) is 0 Å². The third-order valence-electron chi connectivity index (χ3n) is 3.32. The molecule has 0 aromatic carbocycles. The zero-order valence-electron chi connectivity index (χ0n) is 12.6. The highest BCUT2D eigenvalue weighted by Gasteiger charge is 2.38. The van der Waals surface area contributed by atoms with Gasteiger partial charge in [-0.05, 0) is 19.8 Å². The van der Waals surface area contributed by atoms with Crippen LogP contribution in [0.4, 0.5) is 0 Å². The van der Waals surface area contributed by atoms with Gasteiger partial charge in [0.2, 0.25) is 5.91 Å². The van der Waals surface area contributed by atoms with Gasteiger partial charge in [0.25, 0.3) is 0 Å². The SMILES string of the molecule is CC(=O)CCCCOC1OC(CO)CC(O)C1NC(C)=O. The average molecular weight is 303 g/mol. The van der Waals surface area contributed by atoms with Gasteiger partial charge in [0, 0.05) is 26.4 Å². The zero-order chi connectivity index (χ0) is 15.8. The first-order chi connectivity index (χ1) is 9.93. The molecule has 1 aliphatic rings. The Morgan fingerprint density at radius 3 is 2.62 bits per heavy atom. The number of aliphatic hydroxyl groups is 2. The van der Waals surface area contributed by atoms with E-state index >= 15 is 0 Å². The first-order valence-electron chi connectivity index (χ1n) is 7.26. The number of ketones is 1. The molecule has 4 atom stereocenters. The van der Waals surface area contributed by atoms with Gasteiger partial charge in [-0.25, -0.2) is 0 Å². The number of rotatable bonds is 8. The van der Waals surface area contributed by atoms with Gasteiger partial charge >= 0.3 is 0 Å². The van der Waals surface area contributed by atoms with Crippen molar-refractivity contribution in [2.75, 3.05) is 13.2 Å². The molecule has 7 heteroatoms. The molecule has 21 heavy (non-hydrogen) atoms. The lowest BCUT2D eigenvalue weighted by molar-refractivity contribution is -0.237. The van der Waals surface area contributed by atoms with Crippen LogP contribution in [0.1, 0.15) is 39.5 Å². The highest BCUT2D eigenvalue weighted by atomic mass is 16.7. The van der Waals surface area contributed by atoms with E-state index in [0.29, 0.717) is 19.4 Å². The van der Waals surface area contributed by atoms with Crippen molar-refractivity contribution in [2.45, 2.75) is 64.1 Å². The van der Waals surface area contributed by atoms with E-state index in [4.69, 9.17) is 14.6 Å². The maximum absolute atomic E-state index is 11.2. The van der Waals surface area contributed by atoms with Gasteiger partial charge in [-0.3, -0.25) is 4.79 Å². The van der Waals surface area contributed by atoms with Gasteiger partial charge in [-0.2, -0.15) is 0 Å². The second kappa shape index (κ2) is 9.09. The number of nitrogens with one attached hydrogen (secondary N) is 1. The number of ether oxygens (including phenoxy) is 2. The van der Waals surface area contributed by atoms with Crippen molar-refractivity contribution in [3.63, 3.8) is 0 Å². The minimum Gasteiger partial charge on any atom is -0.394 e. The molecule has 0 spiro atoms. The molecule has 1 rings (SSSR count). The summed E-state index contributed by atoms with van der Waals surface area (Å²) in [5.41, 5.74) is 0. The van der Waals surface area contributed by atoms with E-state index in [1.807, 2.05) is 0 Å². The number of unbranched alkanes of at least 4 members (excludes halogenated alkanes) is 1. The molecule has 4 unspecified atom stereocenters. The van der Waals surface area contributed by atoms with Crippen LogP contribution in [0, 0.1) is 0 Å². The molecule has 1 heterocycles. The smallest absolute Gasteiger partial charge is 0.217 e. The molecule has 0 bridgehead atoms. The van der Waals surface area contributed by atoms with Crippen LogP contribution in [-0.4, -0.2) is 59.7 Å². The van der Waals surface area contributed by atoms with E-state index in [9.17, 15) is 14.7 Å². The van der Waals surface area contributed by atoms with Crippen LogP contribution in [0.15, 0.2) is 0 Å². The summed E-state index contributed by atoms with van der Waals surface area (Å²) in [5.74, 6) is -0.147. The quantitative estimate of drug-likeness (QED) is 0.533. The van der Waals surface area contributed by atoms with Crippen LogP contribution >= 0.6 is 0 Å². The van der Waals surface area contributed by atoms with Crippen LogP contribution in [0.25, 0.3) is 0 Å². The highest BCUT2D eigenvalue weighted by molar-refractivity contribution is 5.75. The van der Waals surface area contributed by atoms with Crippen molar-refractivity contribution in [1.29, 1.82) is 0 Å². The third kappa shape index (κ3) is 6.52. The number of hydrogen-bond acceptors (Lipinski definition) is 6. The monoisotopic (exact) mass is 303 g/mol. The van der Waals surface area contributed by atoms with Crippen molar-refractivity contribution in [3.8, 4) is 0 Å². The predicted molar refractivity (Wildman–Crippen MR) is 74.5 cm³/mol. The van der Waals surface area contributed by atoms with E-state index in [1.54, 1.807) is 6.92 Å². The van der Waals surface area contributed by atoms with Gasteiger partial charge < -0.3 is 29.8 Å². The fraction of sp³-hybridized carbons (Fsp3) is 0.857. The molecule has 7 nitrogen and oxygen atoms in total. The van der Waals surface area contributed by atoms with Gasteiger partial charge in [0.15, 0.2) is 6.29 Å². The van der Waals surface area contributed by atoms with E-state index < -0.39 is 24.5 Å². The van der Waals surface area contributed by atoms with Gasteiger partial charge in [0.1, 0.15) is 11.8 Å². The number of hydrogen-bond donors (Lipinski definition) is 3. The second-order valence-corrected chi connectivity index (χ2v) is 5.37. The number of Topliss-reactive ketones (excluding diaryl/α,β-unsaturated/α-hetero) is 1.